The van der Waals surface area contributed by atoms with Crippen LogP contribution < -0.4 is 0 Å². The van der Waals surface area contributed by atoms with Crippen molar-refractivity contribution in [1.29, 1.82) is 0 Å². The molecule has 0 spiro atoms. The van der Waals surface area contributed by atoms with Gasteiger partial charge >= 0.3 is 5.97 Å². The summed E-state index contributed by atoms with van der Waals surface area (Å²) in [4.78, 5) is 15.6. The summed E-state index contributed by atoms with van der Waals surface area (Å²) in [5.74, 6) is 0.321. The number of hydrogen-bond donors (Lipinski definition) is 1. The van der Waals surface area contributed by atoms with Gasteiger partial charge in [0.25, 0.3) is 0 Å². The molecule has 0 aromatic carbocycles. The molecule has 1 atom stereocenters. The molecule has 1 rings (SSSR count). The first kappa shape index (κ1) is 11.7. The van der Waals surface area contributed by atoms with E-state index in [1.165, 1.54) is 7.11 Å². The number of ether oxygens (including phenoxy) is 1. The zero-order valence-corrected chi connectivity index (χ0v) is 9.23. The number of aromatic nitrogens is 2. The highest BCUT2D eigenvalue weighted by molar-refractivity contribution is 5.74. The Morgan fingerprint density at radius 1 is 1.73 bits per heavy atom. The molecule has 0 fully saturated rings. The highest BCUT2D eigenvalue weighted by Gasteiger charge is 2.22. The van der Waals surface area contributed by atoms with Gasteiger partial charge in [-0.25, -0.2) is 9.78 Å². The minimum absolute atomic E-state index is 0.282. The number of carbonyl (C=O) groups is 1. The maximum absolute atomic E-state index is 11.4. The van der Waals surface area contributed by atoms with Crippen LogP contribution in [0.5, 0.6) is 0 Å². The molecular formula is C10H16N2O3. The molecule has 0 aliphatic carbocycles. The van der Waals surface area contributed by atoms with Gasteiger partial charge in [-0.2, -0.15) is 0 Å². The molecule has 0 radical (unpaired) electrons. The Balaban J connectivity index is 3.05. The van der Waals surface area contributed by atoms with Crippen LogP contribution in [0, 0.1) is 6.92 Å². The van der Waals surface area contributed by atoms with Crippen LogP contribution in [-0.2, 0) is 16.0 Å². The summed E-state index contributed by atoms with van der Waals surface area (Å²) >= 11 is 0. The second-order valence-electron chi connectivity index (χ2n) is 3.28. The summed E-state index contributed by atoms with van der Waals surface area (Å²) in [6, 6.07) is -0.689. The molecule has 0 bridgehead atoms. The van der Waals surface area contributed by atoms with E-state index in [-0.39, 0.29) is 6.61 Å². The van der Waals surface area contributed by atoms with E-state index >= 15 is 0 Å². The second kappa shape index (κ2) is 4.93. The fraction of sp³-hybridized carbons (Fsp3) is 0.600. The van der Waals surface area contributed by atoms with Gasteiger partial charge in [0.15, 0.2) is 6.04 Å². The standard InChI is InChI=1S/C10H16N2O3/c1-4-9-11-7(2)5-12(9)8(6-13)10(14)15-3/h5,8,13H,4,6H2,1-3H3. The average molecular weight is 212 g/mol. The highest BCUT2D eigenvalue weighted by atomic mass is 16.5. The van der Waals surface area contributed by atoms with Crippen LogP contribution in [-0.4, -0.2) is 34.3 Å². The molecule has 5 nitrogen and oxygen atoms in total. The summed E-state index contributed by atoms with van der Waals surface area (Å²) in [5.41, 5.74) is 0.828. The van der Waals surface area contributed by atoms with Gasteiger partial charge in [-0.05, 0) is 6.92 Å². The van der Waals surface area contributed by atoms with Crippen LogP contribution in [0.1, 0.15) is 24.5 Å². The predicted molar refractivity (Wildman–Crippen MR) is 54.5 cm³/mol. The van der Waals surface area contributed by atoms with Gasteiger partial charge in [-0.1, -0.05) is 6.92 Å². The summed E-state index contributed by atoms with van der Waals surface area (Å²) in [6.45, 7) is 3.51. The van der Waals surface area contributed by atoms with Gasteiger partial charge < -0.3 is 14.4 Å². The maximum atomic E-state index is 11.4. The normalized spacial score (nSPS) is 12.5. The van der Waals surface area contributed by atoms with Crippen molar-refractivity contribution in [2.45, 2.75) is 26.3 Å². The molecule has 0 aliphatic rings. The van der Waals surface area contributed by atoms with Crippen molar-refractivity contribution in [2.75, 3.05) is 13.7 Å². The molecule has 1 N–H and O–H groups in total. The van der Waals surface area contributed by atoms with E-state index in [2.05, 4.69) is 9.72 Å². The Morgan fingerprint density at radius 3 is 2.87 bits per heavy atom. The van der Waals surface area contributed by atoms with E-state index in [4.69, 9.17) is 5.11 Å². The molecule has 0 aliphatic heterocycles. The van der Waals surface area contributed by atoms with E-state index in [1.54, 1.807) is 10.8 Å². The lowest BCUT2D eigenvalue weighted by Gasteiger charge is -2.15. The van der Waals surface area contributed by atoms with Crippen LogP contribution in [0.15, 0.2) is 6.20 Å². The number of carbonyl (C=O) groups excluding carboxylic acids is 1. The van der Waals surface area contributed by atoms with E-state index in [9.17, 15) is 4.79 Å². The van der Waals surface area contributed by atoms with Gasteiger partial charge in [0, 0.05) is 12.6 Å². The first-order valence-electron chi connectivity index (χ1n) is 4.87. The van der Waals surface area contributed by atoms with E-state index in [0.29, 0.717) is 6.42 Å². The predicted octanol–water partition coefficient (Wildman–Crippen LogP) is 0.460. The van der Waals surface area contributed by atoms with Gasteiger partial charge in [-0.15, -0.1) is 0 Å². The summed E-state index contributed by atoms with van der Waals surface area (Å²) in [6.07, 6.45) is 2.46. The van der Waals surface area contributed by atoms with Crippen molar-refractivity contribution >= 4 is 5.97 Å². The van der Waals surface area contributed by atoms with Crippen molar-refractivity contribution in [1.82, 2.24) is 9.55 Å². The van der Waals surface area contributed by atoms with Crippen LogP contribution >= 0.6 is 0 Å². The number of imidazole rings is 1. The Bertz CT molecular complexity index is 346. The fourth-order valence-electron chi connectivity index (χ4n) is 1.51. The molecule has 15 heavy (non-hydrogen) atoms. The Labute approximate surface area is 88.7 Å². The molecule has 1 heterocycles. The average Bonchev–Trinajstić information content (AvgIpc) is 2.60. The largest absolute Gasteiger partial charge is 0.467 e. The molecule has 1 aromatic heterocycles. The molecule has 5 heteroatoms. The lowest BCUT2D eigenvalue weighted by Crippen LogP contribution is -2.25. The summed E-state index contributed by atoms with van der Waals surface area (Å²) in [5, 5.41) is 9.16. The first-order chi connectivity index (χ1) is 7.13. The van der Waals surface area contributed by atoms with Crippen LogP contribution in [0.4, 0.5) is 0 Å². The Kier molecular flexibility index (Phi) is 3.85. The minimum Gasteiger partial charge on any atom is -0.467 e. The monoisotopic (exact) mass is 212 g/mol. The van der Waals surface area contributed by atoms with Crippen molar-refractivity contribution in [3.05, 3.63) is 17.7 Å². The third-order valence-corrected chi connectivity index (χ3v) is 2.23. The van der Waals surface area contributed by atoms with Crippen molar-refractivity contribution in [2.24, 2.45) is 0 Å². The highest BCUT2D eigenvalue weighted by Crippen LogP contribution is 2.13. The van der Waals surface area contributed by atoms with E-state index in [0.717, 1.165) is 11.5 Å². The summed E-state index contributed by atoms with van der Waals surface area (Å²) in [7, 11) is 1.31. The quantitative estimate of drug-likeness (QED) is 0.736. The lowest BCUT2D eigenvalue weighted by atomic mass is 10.3. The van der Waals surface area contributed by atoms with Crippen LogP contribution in [0.25, 0.3) is 0 Å². The van der Waals surface area contributed by atoms with Crippen molar-refractivity contribution < 1.29 is 14.6 Å². The van der Waals surface area contributed by atoms with Gasteiger partial charge in [0.05, 0.1) is 19.4 Å². The van der Waals surface area contributed by atoms with E-state index in [1.807, 2.05) is 13.8 Å². The van der Waals surface area contributed by atoms with Gasteiger partial charge in [0.2, 0.25) is 0 Å². The second-order valence-corrected chi connectivity index (χ2v) is 3.28. The lowest BCUT2D eigenvalue weighted by molar-refractivity contribution is -0.145. The Morgan fingerprint density at radius 2 is 2.40 bits per heavy atom. The number of esters is 1. The molecule has 0 saturated heterocycles. The number of nitrogens with zero attached hydrogens (tertiary/aromatic N) is 2. The third-order valence-electron chi connectivity index (χ3n) is 2.23. The molecule has 1 unspecified atom stereocenters. The molecule has 84 valence electrons. The third kappa shape index (κ3) is 2.36. The maximum Gasteiger partial charge on any atom is 0.331 e. The van der Waals surface area contributed by atoms with Crippen LogP contribution in [0.3, 0.4) is 0 Å². The van der Waals surface area contributed by atoms with Gasteiger partial charge in [-0.3, -0.25) is 0 Å². The van der Waals surface area contributed by atoms with Crippen molar-refractivity contribution in [3.63, 3.8) is 0 Å². The van der Waals surface area contributed by atoms with Crippen molar-refractivity contribution in [3.8, 4) is 0 Å². The number of aliphatic hydroxyl groups excluding tert-OH is 1. The topological polar surface area (TPSA) is 64.3 Å². The number of aryl methyl sites for hydroxylation is 2. The zero-order valence-electron chi connectivity index (χ0n) is 9.23. The fourth-order valence-corrected chi connectivity index (χ4v) is 1.51. The van der Waals surface area contributed by atoms with E-state index < -0.39 is 12.0 Å². The molecular weight excluding hydrogens is 196 g/mol. The zero-order chi connectivity index (χ0) is 11.4. The number of rotatable bonds is 4. The summed E-state index contributed by atoms with van der Waals surface area (Å²) < 4.78 is 6.29. The first-order valence-corrected chi connectivity index (χ1v) is 4.87. The number of hydrogen-bond acceptors (Lipinski definition) is 4. The number of methoxy groups -OCH3 is 1. The molecule has 1 aromatic rings. The minimum atomic E-state index is -0.689. The number of aliphatic hydroxyl groups is 1. The molecule has 0 amide bonds. The smallest absolute Gasteiger partial charge is 0.331 e. The Hall–Kier alpha value is -1.36. The SMILES string of the molecule is CCc1nc(C)cn1C(CO)C(=O)OC. The molecule has 0 saturated carbocycles. The van der Waals surface area contributed by atoms with Gasteiger partial charge in [0.1, 0.15) is 5.82 Å². The van der Waals surface area contributed by atoms with Crippen LogP contribution in [0.2, 0.25) is 0 Å².